The van der Waals surface area contributed by atoms with Gasteiger partial charge < -0.3 is 79.4 Å². The van der Waals surface area contributed by atoms with E-state index < -0.39 is 122 Å². The van der Waals surface area contributed by atoms with Gasteiger partial charge in [0.25, 0.3) is 0 Å². The Labute approximate surface area is 322 Å². The molecule has 9 aliphatic heterocycles. The Hall–Kier alpha value is 2.28. The lowest BCUT2D eigenvalue weighted by Crippen LogP contribution is -2.84. The van der Waals surface area contributed by atoms with Crippen LogP contribution < -0.4 is 0 Å². The maximum Gasteiger partial charge on any atom is 0.514 e. The van der Waals surface area contributed by atoms with Crippen LogP contribution in [-0.2, 0) is 79.4 Å². The minimum Gasteiger partial charge on any atom is -0.418 e. The van der Waals surface area contributed by atoms with Crippen LogP contribution in [0.5, 0.6) is 0 Å². The standard InChI is InChI=1S/C19H54O19Si14/c1-39(2)24-51-19-23-46(11)33-50-16-15-20-41(4,5)27-43(8)17-21-42(6,7)28-49(14,26-40(3)25-43)52(37-46)30-44(9,29-50)18-22-45(10,31-47(12,34-50)35-51)32-48(13,36-51)38-52/h39-40H,15-19H2,1-14H3. The average Bonchev–Trinajstić information content (AvgIpc) is 3.01. The summed E-state index contributed by atoms with van der Waals surface area (Å²) in [4.78, 5) is 0. The molecule has 9 rings (SSSR count). The minimum absolute atomic E-state index is 0.0365. The van der Waals surface area contributed by atoms with E-state index in [-0.39, 0.29) is 31.3 Å². The SMILES string of the molecule is C[SiH](C)O[Si]12CO[Si]3(C)O[Si]45CCO[Si](C)(C)O[Si]6(C)CO[Si](C)(C)O[Si](C)(O[SiH](C)O6)[Si]6(O[Si](C)(CO[Si](C)(O[Si](C)(O1)O4)O[Si](C)(O2)O6)O5)O3. The highest BCUT2D eigenvalue weighted by Crippen LogP contribution is 2.49. The normalized spacial score (nSPS) is 54.9. The highest BCUT2D eigenvalue weighted by atomic mass is 29.3. The fourth-order valence-corrected chi connectivity index (χ4v) is 90.2. The van der Waals surface area contributed by atoms with E-state index in [1.165, 1.54) is 0 Å². The van der Waals surface area contributed by atoms with Crippen molar-refractivity contribution in [1.82, 2.24) is 0 Å². The summed E-state index contributed by atoms with van der Waals surface area (Å²) in [6, 6.07) is 0.169. The van der Waals surface area contributed by atoms with Crippen LogP contribution in [0, 0.1) is 0 Å². The summed E-state index contributed by atoms with van der Waals surface area (Å²) >= 11 is 0. The largest absolute Gasteiger partial charge is 0.514 e. The van der Waals surface area contributed by atoms with Gasteiger partial charge in [-0.3, -0.25) is 0 Å². The zero-order valence-electron chi connectivity index (χ0n) is 32.4. The maximum atomic E-state index is 7.50. The summed E-state index contributed by atoms with van der Waals surface area (Å²) in [6.45, 7) is 26.9. The smallest absolute Gasteiger partial charge is 0.418 e. The lowest BCUT2D eigenvalue weighted by atomic mass is 10.9. The van der Waals surface area contributed by atoms with Gasteiger partial charge in [-0.05, 0) is 65.5 Å². The first kappa shape index (κ1) is 42.4. The first-order chi connectivity index (χ1) is 23.6. The Bertz CT molecular complexity index is 1430. The summed E-state index contributed by atoms with van der Waals surface area (Å²) in [5.41, 5.74) is 0. The molecule has 0 N–H and O–H groups in total. The molecule has 0 saturated carbocycles. The second-order valence-electron chi connectivity index (χ2n) is 16.0. The molecule has 9 fully saturated rings. The van der Waals surface area contributed by atoms with Crippen LogP contribution in [0.25, 0.3) is 0 Å². The molecular formula is C19H54O19Si14. The highest BCUT2D eigenvalue weighted by Gasteiger charge is 2.82. The number of rotatable bonds is 2. The van der Waals surface area contributed by atoms with Crippen molar-refractivity contribution >= 4 is 122 Å². The molecule has 0 aromatic carbocycles. The van der Waals surface area contributed by atoms with Crippen LogP contribution in [-0.4, -0.2) is 147 Å². The van der Waals surface area contributed by atoms with Gasteiger partial charge in [-0.25, -0.2) is 0 Å². The molecule has 9 heterocycles. The van der Waals surface area contributed by atoms with Gasteiger partial charge in [0.15, 0.2) is 9.04 Å². The monoisotopic (exact) mass is 978 g/mol. The van der Waals surface area contributed by atoms with Crippen molar-refractivity contribution in [2.45, 2.75) is 97.7 Å². The van der Waals surface area contributed by atoms with Crippen LogP contribution in [0.4, 0.5) is 0 Å². The third-order valence-electron chi connectivity index (χ3n) is 8.79. The van der Waals surface area contributed by atoms with E-state index in [4.69, 9.17) is 79.4 Å². The lowest BCUT2D eigenvalue weighted by Gasteiger charge is -2.54. The zero-order chi connectivity index (χ0) is 38.1. The summed E-state index contributed by atoms with van der Waals surface area (Å²) in [6.07, 6.45) is 0.0510. The Morgan fingerprint density at radius 1 is 0.500 bits per heavy atom. The summed E-state index contributed by atoms with van der Waals surface area (Å²) in [5.74, 6) is 0. The van der Waals surface area contributed by atoms with Crippen molar-refractivity contribution in [3.05, 3.63) is 0 Å². The molecule has 2 spiro atoms. The third-order valence-corrected chi connectivity index (χ3v) is 69.3. The Balaban J connectivity index is 1.56. The fraction of sp³-hybridized carbons (Fsp3) is 1.00. The predicted molar refractivity (Wildman–Crippen MR) is 210 cm³/mol. The predicted octanol–water partition coefficient (Wildman–Crippen LogP) is 1.64. The summed E-state index contributed by atoms with van der Waals surface area (Å²) in [5, 5.41) is 0. The molecule has 0 aromatic rings. The van der Waals surface area contributed by atoms with E-state index >= 15 is 0 Å². The molecule has 9 saturated heterocycles. The second kappa shape index (κ2) is 13.4. The van der Waals surface area contributed by atoms with Crippen molar-refractivity contribution in [3.63, 3.8) is 0 Å². The quantitative estimate of drug-likeness (QED) is 0.365. The summed E-state index contributed by atoms with van der Waals surface area (Å²) < 4.78 is 134. The Kier molecular flexibility index (Phi) is 10.9. The Morgan fingerprint density at radius 3 is 1.73 bits per heavy atom. The first-order valence-electron chi connectivity index (χ1n) is 17.6. The molecule has 11 unspecified atom stereocenters. The second-order valence-corrected chi connectivity index (χ2v) is 61.8. The number of hydrogen-bond donors (Lipinski definition) is 0. The zero-order valence-corrected chi connectivity index (χ0v) is 46.8. The van der Waals surface area contributed by atoms with Gasteiger partial charge in [0.2, 0.25) is 0 Å². The highest BCUT2D eigenvalue weighted by molar-refractivity contribution is 7.35. The molecule has 52 heavy (non-hydrogen) atoms. The molecule has 9 aliphatic rings. The van der Waals surface area contributed by atoms with E-state index in [0.717, 1.165) is 0 Å². The van der Waals surface area contributed by atoms with Gasteiger partial charge in [-0.2, -0.15) is 0 Å². The van der Waals surface area contributed by atoms with Gasteiger partial charge in [0.1, 0.15) is 6.23 Å². The van der Waals surface area contributed by atoms with Crippen LogP contribution in [0.2, 0.25) is 97.7 Å². The van der Waals surface area contributed by atoms with Gasteiger partial charge in [-0.15, -0.1) is 0 Å². The molecule has 0 aliphatic carbocycles. The van der Waals surface area contributed by atoms with Gasteiger partial charge in [0, 0.05) is 38.8 Å². The van der Waals surface area contributed by atoms with Crippen LogP contribution in [0.15, 0.2) is 0 Å². The van der Waals surface area contributed by atoms with Crippen LogP contribution in [0.1, 0.15) is 0 Å². The number of hydrogen-bond acceptors (Lipinski definition) is 19. The van der Waals surface area contributed by atoms with Crippen LogP contribution >= 0.6 is 0 Å². The average molecular weight is 980 g/mol. The van der Waals surface area contributed by atoms with Crippen LogP contribution in [0.3, 0.4) is 0 Å². The van der Waals surface area contributed by atoms with E-state index in [0.29, 0.717) is 0 Å². The molecule has 300 valence electrons. The Morgan fingerprint density at radius 2 is 1.06 bits per heavy atom. The first-order valence-corrected chi connectivity index (χ1v) is 50.9. The van der Waals surface area contributed by atoms with E-state index in [2.05, 4.69) is 0 Å². The van der Waals surface area contributed by atoms with Crippen molar-refractivity contribution in [2.24, 2.45) is 0 Å². The molecule has 11 atom stereocenters. The van der Waals surface area contributed by atoms with Gasteiger partial charge >= 0.3 is 113 Å². The topological polar surface area (TPSA) is 175 Å². The maximum absolute atomic E-state index is 7.50. The molecule has 10 bridgehead atoms. The molecule has 0 amide bonds. The molecule has 19 nitrogen and oxygen atoms in total. The fourth-order valence-electron chi connectivity index (χ4n) is 7.54. The van der Waals surface area contributed by atoms with Crippen molar-refractivity contribution < 1.29 is 79.4 Å². The number of fused-ring (bicyclic) bond motifs is 6. The molecule has 0 aromatic heterocycles. The van der Waals surface area contributed by atoms with E-state index in [1.807, 2.05) is 65.5 Å². The lowest BCUT2D eigenvalue weighted by molar-refractivity contribution is 0.0555. The van der Waals surface area contributed by atoms with Crippen molar-refractivity contribution in [3.8, 4) is 0 Å². The van der Waals surface area contributed by atoms with E-state index in [1.54, 1.807) is 26.2 Å². The van der Waals surface area contributed by atoms with Gasteiger partial charge in [0.05, 0.1) is 12.5 Å². The molecular weight excluding hydrogens is 925 g/mol. The summed E-state index contributed by atoms with van der Waals surface area (Å²) in [7, 11) is -49.7. The van der Waals surface area contributed by atoms with E-state index in [9.17, 15) is 0 Å². The third kappa shape index (κ3) is 8.48. The molecule has 33 heteroatoms. The molecule has 0 radical (unpaired) electrons. The van der Waals surface area contributed by atoms with Crippen molar-refractivity contribution in [1.29, 1.82) is 0 Å². The minimum atomic E-state index is -4.51. The van der Waals surface area contributed by atoms with Crippen molar-refractivity contribution in [2.75, 3.05) is 25.3 Å². The van der Waals surface area contributed by atoms with Gasteiger partial charge in [-0.1, -0.05) is 0 Å².